The van der Waals surface area contributed by atoms with Gasteiger partial charge in [0, 0.05) is 74.3 Å². The molecule has 6 heterocycles. The molecule has 3 aromatic heterocycles. The maximum absolute atomic E-state index is 13.9. The predicted octanol–water partition coefficient (Wildman–Crippen LogP) is 8.33. The van der Waals surface area contributed by atoms with Crippen LogP contribution in [0.25, 0.3) is 11.0 Å². The maximum atomic E-state index is 13.9. The number of rotatable bonds is 13. The highest BCUT2D eigenvalue weighted by atomic mass is 32.2. The summed E-state index contributed by atoms with van der Waals surface area (Å²) in [6.45, 7) is 9.06. The molecule has 2 aromatic carbocycles. The summed E-state index contributed by atoms with van der Waals surface area (Å²) in [6.07, 6.45) is 12.9. The zero-order valence-electron chi connectivity index (χ0n) is 35.2. The molecule has 0 unspecified atom stereocenters. The molecule has 1 amide bonds. The van der Waals surface area contributed by atoms with E-state index in [2.05, 4.69) is 72.9 Å². The van der Waals surface area contributed by atoms with E-state index in [1.165, 1.54) is 43.0 Å². The highest BCUT2D eigenvalue weighted by Crippen LogP contribution is 2.54. The Kier molecular flexibility index (Phi) is 11.6. The van der Waals surface area contributed by atoms with E-state index in [1.807, 2.05) is 12.1 Å². The second kappa shape index (κ2) is 17.3. The smallest absolute Gasteiger partial charge is 0.312 e. The van der Waals surface area contributed by atoms with Crippen LogP contribution in [0.4, 0.5) is 17.2 Å². The average Bonchev–Trinajstić information content (AvgIpc) is 3.95. The van der Waals surface area contributed by atoms with Gasteiger partial charge in [-0.05, 0) is 111 Å². The summed E-state index contributed by atoms with van der Waals surface area (Å²) >= 11 is 0. The molecule has 326 valence electrons. The van der Waals surface area contributed by atoms with Crippen molar-refractivity contribution in [1.29, 1.82) is 0 Å². The van der Waals surface area contributed by atoms with Crippen LogP contribution in [-0.2, 0) is 14.8 Å². The number of anilines is 2. The van der Waals surface area contributed by atoms with Crippen LogP contribution in [0.5, 0.6) is 11.5 Å². The monoisotopic (exact) mass is 862 g/mol. The van der Waals surface area contributed by atoms with Crippen molar-refractivity contribution in [3.63, 3.8) is 0 Å². The van der Waals surface area contributed by atoms with Crippen molar-refractivity contribution in [3.05, 3.63) is 106 Å². The molecule has 5 aromatic rings. The number of pyridine rings is 2. The van der Waals surface area contributed by atoms with E-state index in [1.54, 1.807) is 24.4 Å². The minimum Gasteiger partial charge on any atom is -0.455 e. The lowest BCUT2D eigenvalue weighted by Crippen LogP contribution is -2.54. The molecule has 15 nitrogen and oxygen atoms in total. The molecule has 1 aliphatic carbocycles. The Morgan fingerprint density at radius 1 is 1.02 bits per heavy atom. The fraction of sp³-hybridized carbons (Fsp3) is 0.457. The zero-order chi connectivity index (χ0) is 43.0. The van der Waals surface area contributed by atoms with Crippen LogP contribution in [0.2, 0.25) is 0 Å². The van der Waals surface area contributed by atoms with Crippen molar-refractivity contribution in [2.45, 2.75) is 88.1 Å². The minimum absolute atomic E-state index is 0.0294. The molecule has 62 heavy (non-hydrogen) atoms. The summed E-state index contributed by atoms with van der Waals surface area (Å²) in [6, 6.07) is 19.8. The van der Waals surface area contributed by atoms with Crippen LogP contribution >= 0.6 is 0 Å². The molecule has 3 N–H and O–H groups in total. The van der Waals surface area contributed by atoms with Gasteiger partial charge in [0.1, 0.15) is 22.0 Å². The number of likely N-dealkylation sites (tertiary alicyclic amines) is 1. The Hall–Kier alpha value is -5.58. The number of sulfonamides is 1. The second-order valence-corrected chi connectivity index (χ2v) is 19.4. The van der Waals surface area contributed by atoms with Crippen LogP contribution < -0.4 is 19.7 Å². The molecule has 0 bridgehead atoms. The van der Waals surface area contributed by atoms with Gasteiger partial charge in [-0.1, -0.05) is 38.1 Å². The summed E-state index contributed by atoms with van der Waals surface area (Å²) in [4.78, 5) is 41.4. The number of carbonyl (C=O) groups is 1. The van der Waals surface area contributed by atoms with Crippen LogP contribution in [0.1, 0.15) is 98.7 Å². The molecule has 1 saturated carbocycles. The minimum atomic E-state index is -4.60. The lowest BCUT2D eigenvalue weighted by atomic mass is 9.59. The molecule has 16 heteroatoms. The number of H-pyrrole nitrogens is 1. The Labute approximate surface area is 361 Å². The lowest BCUT2D eigenvalue weighted by Gasteiger charge is -2.56. The number of piperidine rings is 1. The second-order valence-electron chi connectivity index (χ2n) is 17.8. The molecular weight excluding hydrogens is 809 g/mol. The number of nitrogens with zero attached hydrogens (tertiary/aromatic N) is 5. The van der Waals surface area contributed by atoms with Crippen molar-refractivity contribution >= 4 is 44.2 Å². The first kappa shape index (κ1) is 41.8. The quantitative estimate of drug-likeness (QED) is 0.0761. The Morgan fingerprint density at radius 2 is 1.81 bits per heavy atom. The number of ether oxygens (including phenoxy) is 2. The van der Waals surface area contributed by atoms with Gasteiger partial charge in [0.2, 0.25) is 5.82 Å². The summed E-state index contributed by atoms with van der Waals surface area (Å²) in [5.74, 6) is 0.245. The molecule has 3 saturated heterocycles. The Morgan fingerprint density at radius 3 is 2.58 bits per heavy atom. The lowest BCUT2D eigenvalue weighted by molar-refractivity contribution is -0.384. The number of amides is 1. The molecule has 1 atom stereocenters. The van der Waals surface area contributed by atoms with E-state index < -0.39 is 31.4 Å². The average molecular weight is 863 g/mol. The summed E-state index contributed by atoms with van der Waals surface area (Å²) in [5, 5.41) is 15.8. The summed E-state index contributed by atoms with van der Waals surface area (Å²) in [5.41, 5.74) is 4.25. The Balaban J connectivity index is 0.903. The number of nitro groups is 1. The molecular formula is C46H54N8O7S. The van der Waals surface area contributed by atoms with Crippen molar-refractivity contribution in [1.82, 2.24) is 24.6 Å². The molecule has 4 fully saturated rings. The third kappa shape index (κ3) is 8.59. The van der Waals surface area contributed by atoms with Gasteiger partial charge in [-0.25, -0.2) is 23.1 Å². The highest BCUT2D eigenvalue weighted by Gasteiger charge is 2.50. The molecule has 4 aliphatic rings. The standard InChI is InChI=1S/C46H54N8O7S/c1-30(2)37-6-3-4-7-38(37)40-8-5-17-53(40)34-25-46(26-34)14-18-52(19-15-46)33-9-10-39(42(23-33)61-35-22-32-11-16-47-43(32)49-28-35)45(55)51-62(58,59)36-24-41(54(56)57)44(50-29-36)48-27-31-12-20-60-21-13-31/h3-4,6-7,9-11,16,22-24,28-31,34,40H,5,8,12-15,17-21,25-27H2,1-2H3,(H,47,49)(H,48,50)(H,51,55)/t40-/m0/s1. The van der Waals surface area contributed by atoms with Gasteiger partial charge in [0.05, 0.1) is 22.9 Å². The first-order valence-corrected chi connectivity index (χ1v) is 23.3. The first-order chi connectivity index (χ1) is 29.9. The largest absolute Gasteiger partial charge is 0.455 e. The number of aromatic nitrogens is 3. The third-order valence-electron chi connectivity index (χ3n) is 13.6. The van der Waals surface area contributed by atoms with E-state index in [0.717, 1.165) is 68.7 Å². The van der Waals surface area contributed by atoms with E-state index >= 15 is 0 Å². The van der Waals surface area contributed by atoms with Crippen LogP contribution in [0.15, 0.2) is 84.1 Å². The first-order valence-electron chi connectivity index (χ1n) is 21.8. The van der Waals surface area contributed by atoms with Crippen molar-refractivity contribution in [3.8, 4) is 11.5 Å². The number of fused-ring (bicyclic) bond motifs is 1. The summed E-state index contributed by atoms with van der Waals surface area (Å²) < 4.78 is 41.1. The topological polar surface area (TPSA) is 185 Å². The molecule has 0 radical (unpaired) electrons. The van der Waals surface area contributed by atoms with Gasteiger partial charge in [0.25, 0.3) is 15.9 Å². The van der Waals surface area contributed by atoms with Crippen molar-refractivity contribution in [2.24, 2.45) is 11.3 Å². The fourth-order valence-electron chi connectivity index (χ4n) is 10.1. The van der Waals surface area contributed by atoms with Gasteiger partial charge in [0.15, 0.2) is 0 Å². The molecule has 1 spiro atoms. The number of benzene rings is 2. The normalized spacial score (nSPS) is 19.8. The molecule has 9 rings (SSSR count). The van der Waals surface area contributed by atoms with E-state index in [-0.39, 0.29) is 23.0 Å². The zero-order valence-corrected chi connectivity index (χ0v) is 36.0. The predicted molar refractivity (Wildman–Crippen MR) is 236 cm³/mol. The summed E-state index contributed by atoms with van der Waals surface area (Å²) in [7, 11) is -4.60. The van der Waals surface area contributed by atoms with Crippen LogP contribution in [-0.4, -0.2) is 84.5 Å². The van der Waals surface area contributed by atoms with Gasteiger partial charge in [-0.3, -0.25) is 19.8 Å². The number of hydrogen-bond acceptors (Lipinski definition) is 12. The third-order valence-corrected chi connectivity index (χ3v) is 14.9. The fourth-order valence-corrected chi connectivity index (χ4v) is 11.0. The highest BCUT2D eigenvalue weighted by molar-refractivity contribution is 7.90. The van der Waals surface area contributed by atoms with E-state index in [9.17, 15) is 23.3 Å². The number of carbonyl (C=O) groups excluding carboxylic acids is 1. The number of aromatic amines is 1. The number of hydrogen-bond donors (Lipinski definition) is 3. The SMILES string of the molecule is CC(C)c1ccccc1[C@@H]1CCCN1C1CC2(CCN(c3ccc(C(=O)NS(=O)(=O)c4cnc(NCC5CCOCC5)c([N+](=O)[O-])c4)c(Oc4cnc5[nH]ccc5c4)c3)CC2)C1. The molecule has 3 aliphatic heterocycles. The maximum Gasteiger partial charge on any atom is 0.312 e. The van der Waals surface area contributed by atoms with Gasteiger partial charge in [-0.15, -0.1) is 0 Å². The van der Waals surface area contributed by atoms with Crippen LogP contribution in [0.3, 0.4) is 0 Å². The Bertz CT molecular complexity index is 2560. The number of nitrogens with one attached hydrogen (secondary N) is 3. The van der Waals surface area contributed by atoms with Crippen molar-refractivity contribution < 1.29 is 27.6 Å². The van der Waals surface area contributed by atoms with Crippen LogP contribution in [0, 0.1) is 21.4 Å². The van der Waals surface area contributed by atoms with Gasteiger partial charge >= 0.3 is 5.69 Å². The van der Waals surface area contributed by atoms with E-state index in [4.69, 9.17) is 9.47 Å². The van der Waals surface area contributed by atoms with E-state index in [0.29, 0.717) is 54.6 Å². The van der Waals surface area contributed by atoms with Crippen molar-refractivity contribution in [2.75, 3.05) is 49.6 Å². The van der Waals surface area contributed by atoms with Gasteiger partial charge in [-0.2, -0.15) is 0 Å². The van der Waals surface area contributed by atoms with Gasteiger partial charge < -0.3 is 24.7 Å².